The van der Waals surface area contributed by atoms with E-state index in [1.807, 2.05) is 22.8 Å². The highest BCUT2D eigenvalue weighted by Crippen LogP contribution is 2.35. The summed E-state index contributed by atoms with van der Waals surface area (Å²) < 4.78 is 29.5. The summed E-state index contributed by atoms with van der Waals surface area (Å²) in [6.07, 6.45) is 6.35. The number of anilines is 2. The van der Waals surface area contributed by atoms with Crippen LogP contribution in [0.3, 0.4) is 0 Å². The van der Waals surface area contributed by atoms with E-state index in [9.17, 15) is 8.78 Å². The predicted molar refractivity (Wildman–Crippen MR) is 145 cm³/mol. The standard InChI is InChI=1S/C27H24ClF2N9/c28-23-4-1-3-22(37-23)27(32)7-2-8-38(13-27)21-11-33-20(16-5-6-18(29)19(30)9-16)10-17(21)12-39-15-36-24-25(31)34-14-35-26(24)39/h1,3-6,9-11,14-15H,2,7-8,12-13,32H2,(H2,31,34,35)/t27-/m1/s1. The number of hydrogen-bond acceptors (Lipinski definition) is 8. The second-order valence-corrected chi connectivity index (χ2v) is 10.0. The summed E-state index contributed by atoms with van der Waals surface area (Å²) in [5.41, 5.74) is 16.6. The fourth-order valence-electron chi connectivity index (χ4n) is 5.10. The number of aromatic nitrogens is 6. The molecule has 0 amide bonds. The molecule has 1 aromatic carbocycles. The fraction of sp³-hybridized carbons (Fsp3) is 0.222. The van der Waals surface area contributed by atoms with E-state index in [1.165, 1.54) is 12.4 Å². The van der Waals surface area contributed by atoms with Gasteiger partial charge in [-0.3, -0.25) is 4.98 Å². The lowest BCUT2D eigenvalue weighted by molar-refractivity contribution is 0.345. The summed E-state index contributed by atoms with van der Waals surface area (Å²) in [5.74, 6) is -1.57. The minimum absolute atomic E-state index is 0.286. The van der Waals surface area contributed by atoms with Crippen LogP contribution in [0.25, 0.3) is 22.4 Å². The molecule has 1 fully saturated rings. The second kappa shape index (κ2) is 9.83. The number of nitrogens with two attached hydrogens (primary N) is 2. The second-order valence-electron chi connectivity index (χ2n) is 9.66. The van der Waals surface area contributed by atoms with Crippen molar-refractivity contribution in [2.45, 2.75) is 24.9 Å². The third-order valence-corrected chi connectivity index (χ3v) is 7.25. The van der Waals surface area contributed by atoms with Crippen LogP contribution in [0.5, 0.6) is 0 Å². The van der Waals surface area contributed by atoms with Gasteiger partial charge in [-0.2, -0.15) is 0 Å². The maximum atomic E-state index is 14.0. The molecule has 5 aromatic rings. The topological polar surface area (TPSA) is 125 Å². The Kier molecular flexibility index (Phi) is 6.32. The van der Waals surface area contributed by atoms with Crippen LogP contribution >= 0.6 is 11.6 Å². The molecule has 0 aliphatic carbocycles. The maximum Gasteiger partial charge on any atom is 0.165 e. The molecule has 12 heteroatoms. The molecule has 4 aromatic heterocycles. The first-order chi connectivity index (χ1) is 18.8. The van der Waals surface area contributed by atoms with Gasteiger partial charge in [0, 0.05) is 18.7 Å². The first kappa shape index (κ1) is 25.1. The largest absolute Gasteiger partial charge is 0.382 e. The predicted octanol–water partition coefficient (Wildman–Crippen LogP) is 4.30. The molecule has 0 spiro atoms. The van der Waals surface area contributed by atoms with Crippen molar-refractivity contribution in [3.05, 3.63) is 89.4 Å². The number of nitrogens with zero attached hydrogens (tertiary/aromatic N) is 7. The van der Waals surface area contributed by atoms with Gasteiger partial charge in [0.2, 0.25) is 0 Å². The van der Waals surface area contributed by atoms with Crippen molar-refractivity contribution >= 4 is 34.3 Å². The lowest BCUT2D eigenvalue weighted by Crippen LogP contribution is -2.52. The van der Waals surface area contributed by atoms with E-state index in [4.69, 9.17) is 23.1 Å². The normalized spacial score (nSPS) is 17.6. The van der Waals surface area contributed by atoms with Crippen molar-refractivity contribution < 1.29 is 8.78 Å². The number of hydrogen-bond donors (Lipinski definition) is 2. The summed E-state index contributed by atoms with van der Waals surface area (Å²) in [4.78, 5) is 24.0. The van der Waals surface area contributed by atoms with E-state index in [0.717, 1.165) is 48.5 Å². The van der Waals surface area contributed by atoms with Gasteiger partial charge >= 0.3 is 0 Å². The van der Waals surface area contributed by atoms with E-state index in [-0.39, 0.29) is 5.82 Å². The highest BCUT2D eigenvalue weighted by molar-refractivity contribution is 6.29. The van der Waals surface area contributed by atoms with Crippen LogP contribution < -0.4 is 16.4 Å². The van der Waals surface area contributed by atoms with Gasteiger partial charge in [-0.05, 0) is 54.8 Å². The zero-order valence-corrected chi connectivity index (χ0v) is 21.5. The summed E-state index contributed by atoms with van der Waals surface area (Å²) in [7, 11) is 0. The number of benzene rings is 1. The first-order valence-corrected chi connectivity index (χ1v) is 12.7. The third kappa shape index (κ3) is 4.75. The molecular weight excluding hydrogens is 524 g/mol. The molecule has 0 saturated carbocycles. The Labute approximate surface area is 227 Å². The lowest BCUT2D eigenvalue weighted by atomic mass is 9.86. The molecule has 1 aliphatic rings. The minimum atomic E-state index is -0.939. The smallest absolute Gasteiger partial charge is 0.165 e. The van der Waals surface area contributed by atoms with Crippen LogP contribution in [0.4, 0.5) is 20.3 Å². The number of fused-ring (bicyclic) bond motifs is 1. The van der Waals surface area contributed by atoms with E-state index in [2.05, 4.69) is 29.8 Å². The van der Waals surface area contributed by atoms with Crippen LogP contribution in [-0.4, -0.2) is 42.6 Å². The molecule has 198 valence electrons. The molecule has 0 radical (unpaired) electrons. The Morgan fingerprint density at radius 2 is 1.90 bits per heavy atom. The Balaban J connectivity index is 1.42. The molecule has 4 N–H and O–H groups in total. The van der Waals surface area contributed by atoms with Crippen molar-refractivity contribution in [1.29, 1.82) is 0 Å². The number of rotatable bonds is 5. The molecule has 5 heterocycles. The molecule has 1 atom stereocenters. The number of imidazole rings is 1. The average Bonchev–Trinajstić information content (AvgIpc) is 3.34. The molecule has 0 bridgehead atoms. The number of pyridine rings is 2. The molecular formula is C27H24ClF2N9. The Bertz CT molecular complexity index is 1690. The van der Waals surface area contributed by atoms with E-state index < -0.39 is 17.2 Å². The van der Waals surface area contributed by atoms with Crippen LogP contribution in [-0.2, 0) is 12.1 Å². The quantitative estimate of drug-likeness (QED) is 0.312. The summed E-state index contributed by atoms with van der Waals surface area (Å²) >= 11 is 6.17. The monoisotopic (exact) mass is 547 g/mol. The Hall–Kier alpha value is -4.22. The number of halogens is 3. The SMILES string of the molecule is Nc1ncnc2c1ncn2Cc1cc(-c2ccc(F)c(F)c2)ncc1N1CCC[C@](N)(c2cccc(Cl)n2)C1. The van der Waals surface area contributed by atoms with Gasteiger partial charge in [-0.1, -0.05) is 17.7 Å². The highest BCUT2D eigenvalue weighted by Gasteiger charge is 2.35. The van der Waals surface area contributed by atoms with Crippen LogP contribution in [0, 0.1) is 11.6 Å². The molecule has 1 saturated heterocycles. The van der Waals surface area contributed by atoms with Gasteiger partial charge in [0.15, 0.2) is 23.1 Å². The first-order valence-electron chi connectivity index (χ1n) is 12.3. The summed E-state index contributed by atoms with van der Waals surface area (Å²) in [6, 6.07) is 11.1. The van der Waals surface area contributed by atoms with E-state index in [0.29, 0.717) is 40.7 Å². The van der Waals surface area contributed by atoms with Gasteiger partial charge in [-0.25, -0.2) is 28.7 Å². The van der Waals surface area contributed by atoms with Crippen molar-refractivity contribution in [1.82, 2.24) is 29.5 Å². The zero-order valence-electron chi connectivity index (χ0n) is 20.7. The molecule has 0 unspecified atom stereocenters. The maximum absolute atomic E-state index is 14.0. The molecule has 39 heavy (non-hydrogen) atoms. The fourth-order valence-corrected chi connectivity index (χ4v) is 5.26. The number of piperidine rings is 1. The van der Waals surface area contributed by atoms with Crippen LogP contribution in [0.15, 0.2) is 61.3 Å². The third-order valence-electron chi connectivity index (χ3n) is 7.04. The number of nitrogen functional groups attached to an aromatic ring is 1. The molecule has 6 rings (SSSR count). The zero-order chi connectivity index (χ0) is 27.1. The van der Waals surface area contributed by atoms with Gasteiger partial charge in [0.05, 0.1) is 41.7 Å². The Morgan fingerprint density at radius 1 is 1.03 bits per heavy atom. The van der Waals surface area contributed by atoms with E-state index in [1.54, 1.807) is 18.6 Å². The van der Waals surface area contributed by atoms with Crippen LogP contribution in [0.2, 0.25) is 5.15 Å². The van der Waals surface area contributed by atoms with Gasteiger partial charge in [-0.15, -0.1) is 0 Å². The van der Waals surface area contributed by atoms with Crippen molar-refractivity contribution in [2.24, 2.45) is 5.73 Å². The molecule has 1 aliphatic heterocycles. The van der Waals surface area contributed by atoms with Gasteiger partial charge in [0.1, 0.15) is 17.0 Å². The Morgan fingerprint density at radius 3 is 2.72 bits per heavy atom. The lowest BCUT2D eigenvalue weighted by Gasteiger charge is -2.41. The summed E-state index contributed by atoms with van der Waals surface area (Å²) in [5, 5.41) is 0.390. The van der Waals surface area contributed by atoms with Crippen molar-refractivity contribution in [3.8, 4) is 11.3 Å². The summed E-state index contributed by atoms with van der Waals surface area (Å²) in [6.45, 7) is 1.60. The highest BCUT2D eigenvalue weighted by atomic mass is 35.5. The van der Waals surface area contributed by atoms with Crippen molar-refractivity contribution in [2.75, 3.05) is 23.7 Å². The van der Waals surface area contributed by atoms with Gasteiger partial charge < -0.3 is 20.9 Å². The molecule has 9 nitrogen and oxygen atoms in total. The van der Waals surface area contributed by atoms with Gasteiger partial charge in [0.25, 0.3) is 0 Å². The van der Waals surface area contributed by atoms with E-state index >= 15 is 0 Å². The van der Waals surface area contributed by atoms with Crippen LogP contribution in [0.1, 0.15) is 24.1 Å². The minimum Gasteiger partial charge on any atom is -0.382 e. The van der Waals surface area contributed by atoms with Crippen molar-refractivity contribution in [3.63, 3.8) is 0 Å². The average molecular weight is 548 g/mol.